The van der Waals surface area contributed by atoms with Crippen LogP contribution in [0.5, 0.6) is 0 Å². The third-order valence-corrected chi connectivity index (χ3v) is 3.81. The van der Waals surface area contributed by atoms with Crippen molar-refractivity contribution in [3.05, 3.63) is 24.3 Å². The topological polar surface area (TPSA) is 12.0 Å². The fourth-order valence-corrected chi connectivity index (χ4v) is 2.50. The first-order valence-electron chi connectivity index (χ1n) is 6.47. The molecule has 0 spiro atoms. The maximum Gasteiger partial charge on any atom is 0.398 e. The predicted octanol–water partition coefficient (Wildman–Crippen LogP) is 5.33. The molecule has 1 rings (SSSR count). The highest BCUT2D eigenvalue weighted by atomic mass is 32.2. The van der Waals surface area contributed by atoms with Crippen molar-refractivity contribution in [2.75, 3.05) is 11.1 Å². The van der Waals surface area contributed by atoms with Crippen molar-refractivity contribution < 1.29 is 13.2 Å². The van der Waals surface area contributed by atoms with Crippen LogP contribution in [0, 0.1) is 0 Å². The number of para-hydroxylation sites is 1. The van der Waals surface area contributed by atoms with Gasteiger partial charge in [0.05, 0.1) is 5.75 Å². The second kappa shape index (κ2) is 7.68. The number of unbranched alkanes of at least 4 members (excludes halogenated alkanes) is 1. The molecule has 108 valence electrons. The zero-order valence-corrected chi connectivity index (χ0v) is 12.1. The van der Waals surface area contributed by atoms with Crippen molar-refractivity contribution in [3.8, 4) is 0 Å². The fraction of sp³-hybridized carbons (Fsp3) is 0.571. The van der Waals surface area contributed by atoms with Gasteiger partial charge in [-0.1, -0.05) is 31.9 Å². The van der Waals surface area contributed by atoms with E-state index in [2.05, 4.69) is 19.2 Å². The Hall–Kier alpha value is -0.840. The summed E-state index contributed by atoms with van der Waals surface area (Å²) in [7, 11) is 0. The lowest BCUT2D eigenvalue weighted by Crippen LogP contribution is -2.16. The Balaban J connectivity index is 2.62. The molecular weight excluding hydrogens is 271 g/mol. The third-order valence-electron chi connectivity index (χ3n) is 2.67. The largest absolute Gasteiger partial charge is 0.398 e. The van der Waals surface area contributed by atoms with Crippen molar-refractivity contribution in [2.24, 2.45) is 0 Å². The summed E-state index contributed by atoms with van der Waals surface area (Å²) < 4.78 is 36.8. The number of anilines is 1. The molecule has 0 bridgehead atoms. The summed E-state index contributed by atoms with van der Waals surface area (Å²) >= 11 is 0.832. The lowest BCUT2D eigenvalue weighted by Gasteiger charge is -2.18. The number of nitrogens with one attached hydrogen (secondary N) is 1. The first-order valence-corrected chi connectivity index (χ1v) is 7.46. The van der Waals surface area contributed by atoms with E-state index >= 15 is 0 Å². The summed E-state index contributed by atoms with van der Waals surface area (Å²) in [5.41, 5.74) is 0.792. The molecule has 0 aliphatic rings. The molecular formula is C14H20F3NS. The van der Waals surface area contributed by atoms with Gasteiger partial charge in [-0.15, -0.1) is 11.8 Å². The zero-order chi connectivity index (χ0) is 14.3. The number of hydrogen-bond acceptors (Lipinski definition) is 2. The maximum atomic E-state index is 12.3. The van der Waals surface area contributed by atoms with Crippen molar-refractivity contribution in [2.45, 2.75) is 50.2 Å². The molecule has 0 aliphatic carbocycles. The summed E-state index contributed by atoms with van der Waals surface area (Å²) in [6, 6.07) is 7.44. The number of hydrogen-bond donors (Lipinski definition) is 1. The van der Waals surface area contributed by atoms with Crippen LogP contribution in [0.1, 0.15) is 33.1 Å². The molecule has 1 N–H and O–H groups in total. The highest BCUT2D eigenvalue weighted by Crippen LogP contribution is 2.32. The molecule has 1 nitrogen and oxygen atoms in total. The van der Waals surface area contributed by atoms with Crippen LogP contribution in [0.4, 0.5) is 18.9 Å². The van der Waals surface area contributed by atoms with Crippen LogP contribution in [0.15, 0.2) is 29.2 Å². The number of halogens is 3. The van der Waals surface area contributed by atoms with Gasteiger partial charge in [-0.05, 0) is 25.5 Å². The normalized spacial score (nSPS) is 13.3. The molecule has 1 atom stereocenters. The van der Waals surface area contributed by atoms with E-state index in [1.807, 2.05) is 12.1 Å². The van der Waals surface area contributed by atoms with Crippen molar-refractivity contribution in [1.29, 1.82) is 0 Å². The number of alkyl halides is 3. The standard InChI is InChI=1S/C14H20F3NS/c1-3-4-7-11(2)18-12-8-5-6-9-13(12)19-10-14(15,16)17/h5-6,8-9,11,18H,3-4,7,10H2,1-2H3. The Morgan fingerprint density at radius 2 is 1.95 bits per heavy atom. The van der Waals surface area contributed by atoms with Gasteiger partial charge >= 0.3 is 6.18 Å². The van der Waals surface area contributed by atoms with E-state index < -0.39 is 11.9 Å². The summed E-state index contributed by atoms with van der Waals surface area (Å²) in [6.45, 7) is 4.18. The first kappa shape index (κ1) is 16.2. The van der Waals surface area contributed by atoms with E-state index in [9.17, 15) is 13.2 Å². The summed E-state index contributed by atoms with van der Waals surface area (Å²) in [6.07, 6.45) is -0.872. The molecule has 0 saturated heterocycles. The molecule has 0 radical (unpaired) electrons. The molecule has 0 fully saturated rings. The summed E-state index contributed by atoms with van der Waals surface area (Å²) in [5, 5.41) is 3.29. The molecule has 0 saturated carbocycles. The van der Waals surface area contributed by atoms with Gasteiger partial charge in [0.2, 0.25) is 0 Å². The molecule has 0 heterocycles. The average molecular weight is 291 g/mol. The van der Waals surface area contributed by atoms with Crippen LogP contribution in [0.3, 0.4) is 0 Å². The number of thioether (sulfide) groups is 1. The predicted molar refractivity (Wildman–Crippen MR) is 75.8 cm³/mol. The summed E-state index contributed by atoms with van der Waals surface area (Å²) in [4.78, 5) is 0.656. The van der Waals surface area contributed by atoms with Crippen LogP contribution in [-0.2, 0) is 0 Å². The van der Waals surface area contributed by atoms with Gasteiger partial charge < -0.3 is 5.32 Å². The van der Waals surface area contributed by atoms with Gasteiger partial charge in [0.15, 0.2) is 0 Å². The van der Waals surface area contributed by atoms with Crippen LogP contribution in [0.2, 0.25) is 0 Å². The first-order chi connectivity index (χ1) is 8.92. The second-order valence-corrected chi connectivity index (χ2v) is 5.60. The fourth-order valence-electron chi connectivity index (χ4n) is 1.72. The molecule has 5 heteroatoms. The molecule has 0 amide bonds. The Morgan fingerprint density at radius 1 is 1.26 bits per heavy atom. The van der Waals surface area contributed by atoms with E-state index in [-0.39, 0.29) is 6.04 Å². The minimum absolute atomic E-state index is 0.271. The van der Waals surface area contributed by atoms with Gasteiger partial charge in [0, 0.05) is 16.6 Å². The molecule has 0 aromatic heterocycles. The third kappa shape index (κ3) is 6.76. The van der Waals surface area contributed by atoms with Crippen LogP contribution >= 0.6 is 11.8 Å². The Labute approximate surface area is 117 Å². The Bertz CT molecular complexity index is 379. The van der Waals surface area contributed by atoms with Gasteiger partial charge in [-0.25, -0.2) is 0 Å². The Morgan fingerprint density at radius 3 is 2.58 bits per heavy atom. The highest BCUT2D eigenvalue weighted by Gasteiger charge is 2.27. The van der Waals surface area contributed by atoms with E-state index in [0.29, 0.717) is 4.90 Å². The lowest BCUT2D eigenvalue weighted by atomic mass is 10.1. The molecule has 19 heavy (non-hydrogen) atoms. The molecule has 0 aliphatic heterocycles. The van der Waals surface area contributed by atoms with E-state index in [0.717, 1.165) is 36.7 Å². The van der Waals surface area contributed by atoms with Gasteiger partial charge in [0.1, 0.15) is 0 Å². The number of benzene rings is 1. The maximum absolute atomic E-state index is 12.3. The Kier molecular flexibility index (Phi) is 6.55. The second-order valence-electron chi connectivity index (χ2n) is 4.59. The van der Waals surface area contributed by atoms with Crippen molar-refractivity contribution >= 4 is 17.4 Å². The quantitative estimate of drug-likeness (QED) is 0.681. The molecule has 1 aromatic carbocycles. The minimum atomic E-state index is -4.13. The van der Waals surface area contributed by atoms with E-state index in [4.69, 9.17) is 0 Å². The average Bonchev–Trinajstić information content (AvgIpc) is 2.34. The summed E-state index contributed by atoms with van der Waals surface area (Å²) in [5.74, 6) is -0.852. The van der Waals surface area contributed by atoms with Crippen LogP contribution < -0.4 is 5.32 Å². The van der Waals surface area contributed by atoms with Crippen molar-refractivity contribution in [1.82, 2.24) is 0 Å². The SMILES string of the molecule is CCCCC(C)Nc1ccccc1SCC(F)(F)F. The molecule has 1 unspecified atom stereocenters. The zero-order valence-electron chi connectivity index (χ0n) is 11.3. The van der Waals surface area contributed by atoms with E-state index in [1.54, 1.807) is 12.1 Å². The van der Waals surface area contributed by atoms with Crippen LogP contribution in [-0.4, -0.2) is 18.0 Å². The highest BCUT2D eigenvalue weighted by molar-refractivity contribution is 7.99. The van der Waals surface area contributed by atoms with Gasteiger partial charge in [-0.2, -0.15) is 13.2 Å². The molecule has 1 aromatic rings. The lowest BCUT2D eigenvalue weighted by molar-refractivity contribution is -0.105. The van der Waals surface area contributed by atoms with Crippen molar-refractivity contribution in [3.63, 3.8) is 0 Å². The minimum Gasteiger partial charge on any atom is -0.382 e. The smallest absolute Gasteiger partial charge is 0.382 e. The van der Waals surface area contributed by atoms with E-state index in [1.165, 1.54) is 0 Å². The number of rotatable bonds is 7. The van der Waals surface area contributed by atoms with Gasteiger partial charge in [-0.3, -0.25) is 0 Å². The van der Waals surface area contributed by atoms with Gasteiger partial charge in [0.25, 0.3) is 0 Å². The van der Waals surface area contributed by atoms with Crippen LogP contribution in [0.25, 0.3) is 0 Å². The monoisotopic (exact) mass is 291 g/mol.